The molecule has 0 aromatic carbocycles. The predicted molar refractivity (Wildman–Crippen MR) is 42.0 cm³/mol. The molecule has 64 valence electrons. The second kappa shape index (κ2) is 4.86. The van der Waals surface area contributed by atoms with Crippen molar-refractivity contribution in [3.63, 3.8) is 0 Å². The maximum atomic E-state index is 10.1. The van der Waals surface area contributed by atoms with Crippen LogP contribution in [0.4, 0.5) is 0 Å². The topological polar surface area (TPSA) is 98.2 Å². The Bertz CT molecular complexity index is 167. The van der Waals surface area contributed by atoms with Crippen molar-refractivity contribution in [1.29, 1.82) is 0 Å². The summed E-state index contributed by atoms with van der Waals surface area (Å²) in [4.78, 5) is 0. The maximum Gasteiger partial charge on any atom is 0.274 e. The van der Waals surface area contributed by atoms with Crippen molar-refractivity contribution in [3.05, 3.63) is 0 Å². The lowest BCUT2D eigenvalue weighted by molar-refractivity contribution is 0.575. The molecule has 0 spiro atoms. The molecular formula is C3H12ClN3O2S. The van der Waals surface area contributed by atoms with Crippen LogP contribution < -0.4 is 15.6 Å². The zero-order valence-electron chi connectivity index (χ0n) is 5.57. The van der Waals surface area contributed by atoms with E-state index in [1.165, 1.54) is 0 Å². The van der Waals surface area contributed by atoms with Crippen LogP contribution in [0.2, 0.25) is 0 Å². The lowest BCUT2D eigenvalue weighted by atomic mass is 10.4. The van der Waals surface area contributed by atoms with Crippen molar-refractivity contribution in [2.24, 2.45) is 10.9 Å². The van der Waals surface area contributed by atoms with E-state index in [-0.39, 0.29) is 25.0 Å². The smallest absolute Gasteiger partial charge is 0.274 e. The van der Waals surface area contributed by atoms with Crippen LogP contribution in [-0.2, 0) is 10.2 Å². The molecule has 5 N–H and O–H groups in total. The first-order chi connectivity index (χ1) is 3.92. The minimum atomic E-state index is -3.55. The fraction of sp³-hybridized carbons (Fsp3) is 1.00. The van der Waals surface area contributed by atoms with Gasteiger partial charge in [0.15, 0.2) is 0 Å². The molecule has 0 fully saturated rings. The van der Waals surface area contributed by atoms with Gasteiger partial charge in [-0.1, -0.05) is 0 Å². The third-order valence-corrected chi connectivity index (χ3v) is 1.18. The first-order valence-electron chi connectivity index (χ1n) is 2.45. The van der Waals surface area contributed by atoms with Gasteiger partial charge in [0.25, 0.3) is 10.2 Å². The number of halogens is 1. The molecule has 1 unspecified atom stereocenters. The molecule has 0 bridgehead atoms. The van der Waals surface area contributed by atoms with E-state index >= 15 is 0 Å². The van der Waals surface area contributed by atoms with Crippen molar-refractivity contribution < 1.29 is 8.42 Å². The monoisotopic (exact) mass is 189 g/mol. The summed E-state index contributed by atoms with van der Waals surface area (Å²) in [5.41, 5.74) is 5.22. The fourth-order valence-corrected chi connectivity index (χ4v) is 0.743. The summed E-state index contributed by atoms with van der Waals surface area (Å²) < 4.78 is 22.3. The highest BCUT2D eigenvalue weighted by molar-refractivity contribution is 7.87. The highest BCUT2D eigenvalue weighted by Crippen LogP contribution is 1.71. The Labute approximate surface area is 66.7 Å². The maximum absolute atomic E-state index is 10.1. The molecule has 7 heteroatoms. The fourth-order valence-electron chi connectivity index (χ4n) is 0.248. The van der Waals surface area contributed by atoms with Gasteiger partial charge in [-0.15, -0.1) is 12.4 Å². The van der Waals surface area contributed by atoms with Gasteiger partial charge in [0.2, 0.25) is 0 Å². The minimum absolute atomic E-state index is 0. The average molecular weight is 190 g/mol. The summed E-state index contributed by atoms with van der Waals surface area (Å²) in [6.07, 6.45) is 0. The Kier molecular flexibility index (Phi) is 6.21. The summed E-state index contributed by atoms with van der Waals surface area (Å²) >= 11 is 0. The second-order valence-corrected chi connectivity index (χ2v) is 3.25. The first kappa shape index (κ1) is 12.8. The van der Waals surface area contributed by atoms with E-state index < -0.39 is 10.2 Å². The van der Waals surface area contributed by atoms with Gasteiger partial charge < -0.3 is 5.73 Å². The Morgan fingerprint density at radius 3 is 2.10 bits per heavy atom. The molecule has 0 radical (unpaired) electrons. The van der Waals surface area contributed by atoms with Crippen molar-refractivity contribution in [1.82, 2.24) is 4.72 Å². The van der Waals surface area contributed by atoms with Crippen molar-refractivity contribution in [2.45, 2.75) is 13.0 Å². The SMILES string of the molecule is CC(N)CNS(N)(=O)=O.Cl. The Balaban J connectivity index is 0. The molecular weight excluding hydrogens is 178 g/mol. The van der Waals surface area contributed by atoms with Crippen LogP contribution in [-0.4, -0.2) is 21.0 Å². The Hall–Kier alpha value is 0.120. The van der Waals surface area contributed by atoms with E-state index in [1.807, 2.05) is 4.72 Å². The molecule has 10 heavy (non-hydrogen) atoms. The van der Waals surface area contributed by atoms with Crippen LogP contribution in [0.15, 0.2) is 0 Å². The third kappa shape index (κ3) is 11.0. The number of nitrogens with two attached hydrogens (primary N) is 2. The van der Waals surface area contributed by atoms with E-state index in [1.54, 1.807) is 6.92 Å². The molecule has 0 aliphatic heterocycles. The molecule has 0 aliphatic carbocycles. The molecule has 0 saturated carbocycles. The molecule has 0 heterocycles. The molecule has 0 amide bonds. The van der Waals surface area contributed by atoms with Gasteiger partial charge in [-0.2, -0.15) is 8.42 Å². The van der Waals surface area contributed by atoms with Gasteiger partial charge >= 0.3 is 0 Å². The number of rotatable bonds is 3. The predicted octanol–water partition coefficient (Wildman–Crippen LogP) is -1.45. The van der Waals surface area contributed by atoms with E-state index in [0.717, 1.165) is 0 Å². The average Bonchev–Trinajstić information content (AvgIpc) is 1.59. The van der Waals surface area contributed by atoms with Crippen molar-refractivity contribution in [3.8, 4) is 0 Å². The lowest BCUT2D eigenvalue weighted by Crippen LogP contribution is -2.38. The van der Waals surface area contributed by atoms with Crippen molar-refractivity contribution in [2.75, 3.05) is 6.54 Å². The molecule has 0 aromatic rings. The number of nitrogens with one attached hydrogen (secondary N) is 1. The molecule has 5 nitrogen and oxygen atoms in total. The molecule has 0 saturated heterocycles. The van der Waals surface area contributed by atoms with E-state index in [9.17, 15) is 8.42 Å². The summed E-state index contributed by atoms with van der Waals surface area (Å²) in [6, 6.07) is -0.205. The normalized spacial score (nSPS) is 13.9. The van der Waals surface area contributed by atoms with Crippen LogP contribution in [0, 0.1) is 0 Å². The summed E-state index contributed by atoms with van der Waals surface area (Å²) in [5.74, 6) is 0. The second-order valence-electron chi connectivity index (χ2n) is 1.87. The quantitative estimate of drug-likeness (QED) is 0.507. The van der Waals surface area contributed by atoms with Crippen LogP contribution in [0.5, 0.6) is 0 Å². The zero-order valence-corrected chi connectivity index (χ0v) is 7.21. The Morgan fingerprint density at radius 2 is 2.00 bits per heavy atom. The van der Waals surface area contributed by atoms with Crippen LogP contribution >= 0.6 is 12.4 Å². The van der Waals surface area contributed by atoms with Crippen LogP contribution in [0.25, 0.3) is 0 Å². The van der Waals surface area contributed by atoms with Gasteiger partial charge in [0, 0.05) is 12.6 Å². The Morgan fingerprint density at radius 1 is 1.60 bits per heavy atom. The van der Waals surface area contributed by atoms with Crippen LogP contribution in [0.1, 0.15) is 6.92 Å². The van der Waals surface area contributed by atoms with Gasteiger partial charge in [-0.25, -0.2) is 9.86 Å². The first-order valence-corrected chi connectivity index (χ1v) is 3.99. The largest absolute Gasteiger partial charge is 0.327 e. The van der Waals surface area contributed by atoms with Crippen molar-refractivity contribution >= 4 is 22.6 Å². The van der Waals surface area contributed by atoms with E-state index in [2.05, 4.69) is 5.14 Å². The minimum Gasteiger partial charge on any atom is -0.327 e. The van der Waals surface area contributed by atoms with Gasteiger partial charge in [0.05, 0.1) is 0 Å². The highest BCUT2D eigenvalue weighted by Gasteiger charge is 2.00. The van der Waals surface area contributed by atoms with E-state index in [4.69, 9.17) is 5.73 Å². The molecule has 0 aromatic heterocycles. The molecule has 1 atom stereocenters. The molecule has 0 aliphatic rings. The standard InChI is InChI=1S/C3H11N3O2S.ClH/c1-3(4)2-6-9(5,7)8;/h3,6H,2,4H2,1H3,(H2,5,7,8);1H. The number of hydrogen-bond acceptors (Lipinski definition) is 3. The summed E-state index contributed by atoms with van der Waals surface area (Å²) in [6.45, 7) is 1.86. The van der Waals surface area contributed by atoms with Gasteiger partial charge in [-0.05, 0) is 6.92 Å². The third-order valence-electron chi connectivity index (χ3n) is 0.606. The highest BCUT2D eigenvalue weighted by atomic mass is 35.5. The summed E-state index contributed by atoms with van der Waals surface area (Å²) in [7, 11) is -3.55. The van der Waals surface area contributed by atoms with Gasteiger partial charge in [-0.3, -0.25) is 0 Å². The lowest BCUT2D eigenvalue weighted by Gasteiger charge is -2.03. The molecule has 0 rings (SSSR count). The summed E-state index contributed by atoms with van der Waals surface area (Å²) in [5, 5.41) is 4.59. The zero-order chi connectivity index (χ0) is 7.49. The van der Waals surface area contributed by atoms with Gasteiger partial charge in [0.1, 0.15) is 0 Å². The van der Waals surface area contributed by atoms with Crippen LogP contribution in [0.3, 0.4) is 0 Å². The van der Waals surface area contributed by atoms with E-state index in [0.29, 0.717) is 0 Å². The number of hydrogen-bond donors (Lipinski definition) is 3.